The lowest BCUT2D eigenvalue weighted by Gasteiger charge is -2.21. The largest absolute Gasteiger partial charge is 0.383 e. The molecule has 1 amide bonds. The van der Waals surface area contributed by atoms with Crippen molar-refractivity contribution in [2.75, 3.05) is 36.2 Å². The Kier molecular flexibility index (Phi) is 7.03. The predicted octanol–water partition coefficient (Wildman–Crippen LogP) is 2.04. The Morgan fingerprint density at radius 2 is 1.75 bits per heavy atom. The minimum absolute atomic E-state index is 0.00245. The zero-order chi connectivity index (χ0) is 20.8. The van der Waals surface area contributed by atoms with Crippen molar-refractivity contribution in [3.8, 4) is 0 Å². The van der Waals surface area contributed by atoms with E-state index in [1.807, 2.05) is 26.1 Å². The van der Waals surface area contributed by atoms with Gasteiger partial charge >= 0.3 is 5.69 Å². The van der Waals surface area contributed by atoms with Crippen LogP contribution in [0.15, 0.2) is 33.9 Å². The zero-order valence-corrected chi connectivity index (χ0v) is 17.0. The van der Waals surface area contributed by atoms with E-state index in [0.717, 1.165) is 31.5 Å². The molecule has 8 heteroatoms. The summed E-state index contributed by atoms with van der Waals surface area (Å²) in [7, 11) is 3.47. The summed E-state index contributed by atoms with van der Waals surface area (Å²) in [6.07, 6.45) is 2.63. The van der Waals surface area contributed by atoms with Gasteiger partial charge < -0.3 is 15.5 Å². The van der Waals surface area contributed by atoms with Crippen LogP contribution in [0.2, 0.25) is 0 Å². The summed E-state index contributed by atoms with van der Waals surface area (Å²) in [5.74, 6) is -0.375. The number of hydrogen-bond acceptors (Lipinski definition) is 5. The van der Waals surface area contributed by atoms with E-state index >= 15 is 0 Å². The van der Waals surface area contributed by atoms with Gasteiger partial charge in [0.05, 0.1) is 0 Å². The molecule has 8 nitrogen and oxygen atoms in total. The Morgan fingerprint density at radius 3 is 2.32 bits per heavy atom. The minimum atomic E-state index is -0.676. The van der Waals surface area contributed by atoms with E-state index in [9.17, 15) is 14.4 Å². The molecule has 0 fully saturated rings. The van der Waals surface area contributed by atoms with Crippen LogP contribution in [0.3, 0.4) is 0 Å². The Hall–Kier alpha value is -3.03. The number of nitrogens with zero attached hydrogens (tertiary/aromatic N) is 3. The highest BCUT2D eigenvalue weighted by atomic mass is 16.2. The molecule has 0 atom stereocenters. The summed E-state index contributed by atoms with van der Waals surface area (Å²) < 4.78 is 1.30. The van der Waals surface area contributed by atoms with Crippen molar-refractivity contribution in [2.45, 2.75) is 39.7 Å². The van der Waals surface area contributed by atoms with E-state index in [1.165, 1.54) is 16.5 Å². The van der Waals surface area contributed by atoms with Crippen molar-refractivity contribution >= 4 is 23.1 Å². The molecule has 1 aromatic heterocycles. The summed E-state index contributed by atoms with van der Waals surface area (Å²) in [6.45, 7) is 5.39. The van der Waals surface area contributed by atoms with Gasteiger partial charge in [0, 0.05) is 38.4 Å². The maximum Gasteiger partial charge on any atom is 0.330 e. The van der Waals surface area contributed by atoms with Crippen LogP contribution >= 0.6 is 0 Å². The molecule has 0 bridgehead atoms. The van der Waals surface area contributed by atoms with E-state index in [0.29, 0.717) is 12.1 Å². The van der Waals surface area contributed by atoms with Crippen LogP contribution in [0.5, 0.6) is 0 Å². The molecule has 0 radical (unpaired) electrons. The van der Waals surface area contributed by atoms with Crippen molar-refractivity contribution in [3.63, 3.8) is 0 Å². The topological polar surface area (TPSA) is 104 Å². The van der Waals surface area contributed by atoms with E-state index in [4.69, 9.17) is 5.73 Å². The van der Waals surface area contributed by atoms with Crippen molar-refractivity contribution in [1.29, 1.82) is 0 Å². The van der Waals surface area contributed by atoms with Gasteiger partial charge in [0.15, 0.2) is 5.69 Å². The molecule has 0 aliphatic rings. The maximum atomic E-state index is 12.9. The van der Waals surface area contributed by atoms with Crippen LogP contribution in [0.1, 0.15) is 43.5 Å². The molecule has 28 heavy (non-hydrogen) atoms. The number of carbonyl (C=O) groups is 1. The van der Waals surface area contributed by atoms with E-state index < -0.39 is 11.2 Å². The number of rotatable bonds is 8. The monoisotopic (exact) mass is 387 g/mol. The van der Waals surface area contributed by atoms with Gasteiger partial charge in [0.1, 0.15) is 5.82 Å². The number of nitrogens with two attached hydrogens (primary N) is 1. The molecule has 0 saturated carbocycles. The van der Waals surface area contributed by atoms with Gasteiger partial charge in [-0.3, -0.25) is 19.1 Å². The van der Waals surface area contributed by atoms with Gasteiger partial charge in [-0.2, -0.15) is 0 Å². The second-order valence-corrected chi connectivity index (χ2v) is 6.83. The Labute approximate surface area is 164 Å². The van der Waals surface area contributed by atoms with Crippen LogP contribution in [0.4, 0.5) is 17.2 Å². The lowest BCUT2D eigenvalue weighted by atomic mass is 10.1. The summed E-state index contributed by atoms with van der Waals surface area (Å²) >= 11 is 0. The number of unbranched alkanes of at least 4 members (excludes halogenated alkanes) is 1. The first-order valence-electron chi connectivity index (χ1n) is 9.53. The quantitative estimate of drug-likeness (QED) is 0.721. The van der Waals surface area contributed by atoms with Gasteiger partial charge in [-0.1, -0.05) is 20.3 Å². The first-order chi connectivity index (χ1) is 13.3. The average molecular weight is 387 g/mol. The average Bonchev–Trinajstić information content (AvgIpc) is 2.67. The molecular weight excluding hydrogens is 358 g/mol. The van der Waals surface area contributed by atoms with E-state index in [1.54, 1.807) is 12.1 Å². The number of amides is 1. The summed E-state index contributed by atoms with van der Waals surface area (Å²) in [6, 6.07) is 7.18. The number of anilines is 3. The van der Waals surface area contributed by atoms with E-state index in [2.05, 4.69) is 16.8 Å². The first kappa shape index (κ1) is 21.3. The molecule has 0 unspecified atom stereocenters. The summed E-state index contributed by atoms with van der Waals surface area (Å²) in [5, 5.41) is 0. The number of nitrogens with one attached hydrogen (secondary N) is 1. The number of hydrogen-bond donors (Lipinski definition) is 2. The fraction of sp³-hybridized carbons (Fsp3) is 0.450. The van der Waals surface area contributed by atoms with Crippen LogP contribution in [0.25, 0.3) is 0 Å². The van der Waals surface area contributed by atoms with Crippen molar-refractivity contribution in [3.05, 3.63) is 50.7 Å². The van der Waals surface area contributed by atoms with Crippen molar-refractivity contribution in [1.82, 2.24) is 9.55 Å². The SMILES string of the molecule is CCCCn1c(N)c(N(C)C(=O)c2ccc(N(C)CCC)cc2)c(=O)[nH]c1=O. The molecule has 2 aromatic rings. The van der Waals surface area contributed by atoms with Crippen molar-refractivity contribution in [2.24, 2.45) is 0 Å². The number of nitrogen functional groups attached to an aromatic ring is 1. The number of benzene rings is 1. The molecule has 1 aromatic carbocycles. The van der Waals surface area contributed by atoms with Crippen molar-refractivity contribution < 1.29 is 4.79 Å². The second-order valence-electron chi connectivity index (χ2n) is 6.83. The number of aromatic amines is 1. The predicted molar refractivity (Wildman–Crippen MR) is 113 cm³/mol. The first-order valence-corrected chi connectivity index (χ1v) is 9.53. The molecule has 3 N–H and O–H groups in total. The van der Waals surface area contributed by atoms with E-state index in [-0.39, 0.29) is 17.4 Å². The third-order valence-corrected chi connectivity index (χ3v) is 4.70. The number of carbonyl (C=O) groups excluding carboxylic acids is 1. The number of H-pyrrole nitrogens is 1. The van der Waals surface area contributed by atoms with Crippen LogP contribution < -0.4 is 26.8 Å². The van der Waals surface area contributed by atoms with Crippen LogP contribution in [-0.2, 0) is 6.54 Å². The standard InChI is InChI=1S/C20H29N5O3/c1-5-7-13-25-17(21)16(18(26)22-20(25)28)24(4)19(27)14-8-10-15(11-9-14)23(3)12-6-2/h8-11H,5-7,12-13,21H2,1-4H3,(H,22,26,28). The Balaban J connectivity index is 2.35. The lowest BCUT2D eigenvalue weighted by molar-refractivity contribution is 0.0992. The molecule has 0 saturated heterocycles. The highest BCUT2D eigenvalue weighted by Crippen LogP contribution is 2.20. The third kappa shape index (κ3) is 4.44. The van der Waals surface area contributed by atoms with Crippen LogP contribution in [0, 0.1) is 0 Å². The molecule has 0 aliphatic carbocycles. The third-order valence-electron chi connectivity index (χ3n) is 4.70. The highest BCUT2D eigenvalue weighted by molar-refractivity contribution is 6.07. The van der Waals surface area contributed by atoms with Gasteiger partial charge in [0.2, 0.25) is 0 Å². The van der Waals surface area contributed by atoms with Gasteiger partial charge in [0.25, 0.3) is 11.5 Å². The fourth-order valence-electron chi connectivity index (χ4n) is 3.06. The minimum Gasteiger partial charge on any atom is -0.383 e. The molecule has 0 spiro atoms. The number of aromatic nitrogens is 2. The molecule has 0 aliphatic heterocycles. The van der Waals surface area contributed by atoms with Gasteiger partial charge in [-0.15, -0.1) is 0 Å². The molecule has 152 valence electrons. The summed E-state index contributed by atoms with van der Waals surface area (Å²) in [5.41, 5.74) is 6.26. The maximum absolute atomic E-state index is 12.9. The fourth-order valence-corrected chi connectivity index (χ4v) is 3.06. The van der Waals surface area contributed by atoms with Gasteiger partial charge in [-0.25, -0.2) is 4.79 Å². The Bertz CT molecular complexity index is 930. The van der Waals surface area contributed by atoms with Crippen LogP contribution in [-0.4, -0.2) is 36.1 Å². The smallest absolute Gasteiger partial charge is 0.330 e. The zero-order valence-electron chi connectivity index (χ0n) is 17.0. The molecule has 2 rings (SSSR count). The molecule has 1 heterocycles. The van der Waals surface area contributed by atoms with Gasteiger partial charge in [-0.05, 0) is 37.1 Å². The Morgan fingerprint density at radius 1 is 1.11 bits per heavy atom. The molecular formula is C20H29N5O3. The lowest BCUT2D eigenvalue weighted by Crippen LogP contribution is -2.39. The normalized spacial score (nSPS) is 10.7. The second kappa shape index (κ2) is 9.25. The highest BCUT2D eigenvalue weighted by Gasteiger charge is 2.22. The summed E-state index contributed by atoms with van der Waals surface area (Å²) in [4.78, 5) is 42.8.